The van der Waals surface area contributed by atoms with Gasteiger partial charge in [0.15, 0.2) is 0 Å². The standard InChI is InChI=1S/C34H34N4O9/c1-4-24-25-12-23(41)10-11-28(25)37-31-26(24)15-38(19-40)29(31)13-27-20(3)16-45-32(43)34(27,5-2)47-33(44)46-17-21-6-8-22(9-7-21)36-30(42)14-35-18-39/h6-13,18-19,41H,4-5,14-17H2,1-3H3,(H,35,39)(H,36,42)/b29-13-/t34-/m0/s1. The van der Waals surface area contributed by atoms with Gasteiger partial charge in [0, 0.05) is 22.2 Å². The summed E-state index contributed by atoms with van der Waals surface area (Å²) in [6, 6.07) is 11.4. The van der Waals surface area contributed by atoms with Crippen molar-refractivity contribution in [2.75, 3.05) is 18.5 Å². The Morgan fingerprint density at radius 3 is 2.60 bits per heavy atom. The molecule has 3 aromatic rings. The zero-order chi connectivity index (χ0) is 33.7. The minimum absolute atomic E-state index is 0.0172. The fourth-order valence-electron chi connectivity index (χ4n) is 5.82. The molecule has 13 nitrogen and oxygen atoms in total. The number of hydrogen-bond donors (Lipinski definition) is 3. The van der Waals surface area contributed by atoms with E-state index in [1.54, 1.807) is 62.4 Å². The molecule has 2 aliphatic rings. The molecule has 0 saturated heterocycles. The number of carbonyl (C=O) groups excluding carboxylic acids is 5. The summed E-state index contributed by atoms with van der Waals surface area (Å²) in [5, 5.41) is 15.8. The number of fused-ring (bicyclic) bond motifs is 2. The van der Waals surface area contributed by atoms with Crippen LogP contribution < -0.4 is 10.6 Å². The number of aromatic nitrogens is 1. The van der Waals surface area contributed by atoms with Gasteiger partial charge in [0.05, 0.1) is 30.0 Å². The third kappa shape index (κ3) is 6.50. The van der Waals surface area contributed by atoms with Gasteiger partial charge in [-0.15, -0.1) is 0 Å². The van der Waals surface area contributed by atoms with Crippen LogP contribution >= 0.6 is 0 Å². The van der Waals surface area contributed by atoms with Crippen molar-refractivity contribution in [2.24, 2.45) is 0 Å². The zero-order valence-corrected chi connectivity index (χ0v) is 26.1. The number of esters is 1. The Hall–Kier alpha value is -5.72. The summed E-state index contributed by atoms with van der Waals surface area (Å²) in [5.41, 5.74) is 3.58. The molecule has 3 amide bonds. The predicted molar refractivity (Wildman–Crippen MR) is 169 cm³/mol. The summed E-state index contributed by atoms with van der Waals surface area (Å²) in [5.74, 6) is -1.07. The topological polar surface area (TPSA) is 173 Å². The molecule has 1 aromatic heterocycles. The summed E-state index contributed by atoms with van der Waals surface area (Å²) in [4.78, 5) is 67.3. The lowest BCUT2D eigenvalue weighted by atomic mass is 9.84. The molecular formula is C34H34N4O9. The van der Waals surface area contributed by atoms with E-state index in [4.69, 9.17) is 19.2 Å². The van der Waals surface area contributed by atoms with Gasteiger partial charge in [-0.05, 0) is 72.9 Å². The number of carbonyl (C=O) groups is 5. The van der Waals surface area contributed by atoms with Gasteiger partial charge in [-0.3, -0.25) is 14.4 Å². The lowest BCUT2D eigenvalue weighted by molar-refractivity contribution is -0.165. The van der Waals surface area contributed by atoms with Crippen molar-refractivity contribution in [2.45, 2.75) is 52.4 Å². The molecule has 0 bridgehead atoms. The van der Waals surface area contributed by atoms with Gasteiger partial charge < -0.3 is 34.9 Å². The molecule has 0 aliphatic carbocycles. The second kappa shape index (κ2) is 13.7. The number of pyridine rings is 1. The molecule has 3 N–H and O–H groups in total. The summed E-state index contributed by atoms with van der Waals surface area (Å²) < 4.78 is 16.6. The number of ether oxygens (including phenoxy) is 3. The van der Waals surface area contributed by atoms with Crippen molar-refractivity contribution >= 4 is 53.1 Å². The van der Waals surface area contributed by atoms with Gasteiger partial charge in [-0.2, -0.15) is 0 Å². The van der Waals surface area contributed by atoms with Crippen molar-refractivity contribution in [1.29, 1.82) is 0 Å². The molecule has 0 saturated carbocycles. The van der Waals surface area contributed by atoms with Crippen LogP contribution in [0.5, 0.6) is 5.75 Å². The third-order valence-corrected chi connectivity index (χ3v) is 8.17. The highest BCUT2D eigenvalue weighted by atomic mass is 16.7. The number of nitrogens with one attached hydrogen (secondary N) is 2. The lowest BCUT2D eigenvalue weighted by Gasteiger charge is -2.35. The molecule has 1 atom stereocenters. The first kappa shape index (κ1) is 32.7. The molecule has 0 radical (unpaired) electrons. The first-order chi connectivity index (χ1) is 22.6. The molecule has 5 rings (SSSR count). The number of cyclic esters (lactones) is 1. The van der Waals surface area contributed by atoms with Gasteiger partial charge in [-0.25, -0.2) is 14.6 Å². The number of hydrogen-bond acceptors (Lipinski definition) is 10. The molecular weight excluding hydrogens is 608 g/mol. The van der Waals surface area contributed by atoms with E-state index in [-0.39, 0.29) is 38.5 Å². The maximum Gasteiger partial charge on any atom is 0.510 e. The fraction of sp³-hybridized carbons (Fsp3) is 0.294. The molecule has 13 heteroatoms. The molecule has 0 unspecified atom stereocenters. The molecule has 244 valence electrons. The highest BCUT2D eigenvalue weighted by Crippen LogP contribution is 2.41. The van der Waals surface area contributed by atoms with Crippen LogP contribution in [0.15, 0.2) is 59.7 Å². The molecule has 47 heavy (non-hydrogen) atoms. The van der Waals surface area contributed by atoms with Crippen molar-refractivity contribution in [3.05, 3.63) is 82.1 Å². The Morgan fingerprint density at radius 2 is 1.91 bits per heavy atom. The van der Waals surface area contributed by atoms with E-state index in [0.717, 1.165) is 16.5 Å². The van der Waals surface area contributed by atoms with Crippen LogP contribution in [0.3, 0.4) is 0 Å². The van der Waals surface area contributed by atoms with Gasteiger partial charge in [0.25, 0.3) is 0 Å². The first-order valence-electron chi connectivity index (χ1n) is 15.0. The number of nitrogens with zero attached hydrogens (tertiary/aromatic N) is 2. The number of rotatable bonds is 11. The van der Waals surface area contributed by atoms with Crippen LogP contribution in [0.2, 0.25) is 0 Å². The van der Waals surface area contributed by atoms with E-state index in [9.17, 15) is 29.1 Å². The molecule has 0 fully saturated rings. The van der Waals surface area contributed by atoms with E-state index in [1.807, 2.05) is 6.92 Å². The van der Waals surface area contributed by atoms with E-state index in [0.29, 0.717) is 58.5 Å². The summed E-state index contributed by atoms with van der Waals surface area (Å²) in [6.45, 7) is 5.26. The average molecular weight is 643 g/mol. The van der Waals surface area contributed by atoms with Crippen LogP contribution in [0.25, 0.3) is 16.6 Å². The van der Waals surface area contributed by atoms with E-state index in [1.165, 1.54) is 4.90 Å². The largest absolute Gasteiger partial charge is 0.510 e. The second-order valence-electron chi connectivity index (χ2n) is 11.1. The van der Waals surface area contributed by atoms with Gasteiger partial charge in [-0.1, -0.05) is 26.0 Å². The Morgan fingerprint density at radius 1 is 1.15 bits per heavy atom. The van der Waals surface area contributed by atoms with Crippen LogP contribution in [-0.2, 0) is 53.0 Å². The quantitative estimate of drug-likeness (QED) is 0.206. The van der Waals surface area contributed by atoms with Crippen LogP contribution in [0, 0.1) is 0 Å². The first-order valence-corrected chi connectivity index (χ1v) is 15.0. The number of anilines is 1. The molecule has 3 heterocycles. The van der Waals surface area contributed by atoms with E-state index in [2.05, 4.69) is 10.6 Å². The number of phenols is 1. The normalized spacial score (nSPS) is 18.1. The Bertz CT molecular complexity index is 1820. The monoisotopic (exact) mass is 642 g/mol. The smallest absolute Gasteiger partial charge is 0.508 e. The third-order valence-electron chi connectivity index (χ3n) is 8.17. The van der Waals surface area contributed by atoms with Crippen molar-refractivity contribution in [1.82, 2.24) is 15.2 Å². The second-order valence-corrected chi connectivity index (χ2v) is 11.1. The lowest BCUT2D eigenvalue weighted by Crippen LogP contribution is -2.49. The average Bonchev–Trinajstić information content (AvgIpc) is 3.42. The predicted octanol–water partition coefficient (Wildman–Crippen LogP) is 3.88. The van der Waals surface area contributed by atoms with Crippen molar-refractivity contribution in [3.8, 4) is 5.75 Å². The van der Waals surface area contributed by atoms with E-state index >= 15 is 0 Å². The molecule has 2 aromatic carbocycles. The summed E-state index contributed by atoms with van der Waals surface area (Å²) >= 11 is 0. The van der Waals surface area contributed by atoms with E-state index < -0.39 is 23.6 Å². The highest BCUT2D eigenvalue weighted by molar-refractivity contribution is 5.94. The zero-order valence-electron chi connectivity index (χ0n) is 26.1. The SMILES string of the molecule is CCc1c2c(nc3ccc(O)cc13)/C(=C/C1=C(C)COC(=O)[C@@]1(CC)OC(=O)OCc1ccc(NC(=O)CNC=O)cc1)N(C=O)C2. The number of aryl methyl sites for hydroxylation is 1. The maximum absolute atomic E-state index is 13.4. The van der Waals surface area contributed by atoms with Crippen LogP contribution in [0.1, 0.15) is 49.6 Å². The molecule has 0 spiro atoms. The Labute approximate surface area is 270 Å². The van der Waals surface area contributed by atoms with Gasteiger partial charge in [0.1, 0.15) is 19.0 Å². The number of amides is 3. The Balaban J connectivity index is 1.42. The minimum Gasteiger partial charge on any atom is -0.508 e. The van der Waals surface area contributed by atoms with Gasteiger partial charge in [0.2, 0.25) is 24.3 Å². The number of aromatic hydroxyl groups is 1. The minimum atomic E-state index is -1.86. The fourth-order valence-corrected chi connectivity index (χ4v) is 5.82. The number of benzene rings is 2. The Kier molecular flexibility index (Phi) is 9.54. The van der Waals surface area contributed by atoms with Crippen LogP contribution in [-0.4, -0.2) is 64.6 Å². The highest BCUT2D eigenvalue weighted by Gasteiger charge is 2.50. The van der Waals surface area contributed by atoms with Crippen molar-refractivity contribution in [3.63, 3.8) is 0 Å². The maximum atomic E-state index is 13.4. The van der Waals surface area contributed by atoms with Gasteiger partial charge >= 0.3 is 12.1 Å². The summed E-state index contributed by atoms with van der Waals surface area (Å²) in [6.07, 6.45) is 2.31. The van der Waals surface area contributed by atoms with Crippen LogP contribution in [0.4, 0.5) is 10.5 Å². The van der Waals surface area contributed by atoms with Crippen molar-refractivity contribution < 1.29 is 43.3 Å². The molecule has 2 aliphatic heterocycles. The summed E-state index contributed by atoms with van der Waals surface area (Å²) in [7, 11) is 0. The number of phenolic OH excluding ortho intramolecular Hbond substituents is 1.